The monoisotopic (exact) mass is 494 g/mol. The molecule has 3 heterocycles. The lowest BCUT2D eigenvalue weighted by atomic mass is 9.98. The SMILES string of the molecule is CC(C)(C)C(=O)OCOP(=O)(OCOC(=O)C(C)(C)C)c1ccoc1-c1ncc2[nH]cnc2n1. The zero-order valence-electron chi connectivity index (χ0n) is 19.8. The third kappa shape index (κ3) is 5.88. The number of nitrogens with zero attached hydrogens (tertiary/aromatic N) is 3. The molecule has 34 heavy (non-hydrogen) atoms. The summed E-state index contributed by atoms with van der Waals surface area (Å²) in [4.78, 5) is 39.6. The normalized spacial score (nSPS) is 12.6. The Hall–Kier alpha value is -3.08. The highest BCUT2D eigenvalue weighted by Gasteiger charge is 2.36. The van der Waals surface area contributed by atoms with Gasteiger partial charge in [0.15, 0.2) is 17.2 Å². The van der Waals surface area contributed by atoms with E-state index in [2.05, 4.69) is 19.9 Å². The molecule has 0 radical (unpaired) electrons. The van der Waals surface area contributed by atoms with Gasteiger partial charge in [0.1, 0.15) is 10.8 Å². The van der Waals surface area contributed by atoms with Crippen LogP contribution < -0.4 is 5.30 Å². The van der Waals surface area contributed by atoms with E-state index in [-0.39, 0.29) is 16.9 Å². The zero-order valence-corrected chi connectivity index (χ0v) is 20.7. The van der Waals surface area contributed by atoms with Crippen molar-refractivity contribution >= 4 is 36.0 Å². The van der Waals surface area contributed by atoms with Crippen molar-refractivity contribution < 1.29 is 37.1 Å². The predicted molar refractivity (Wildman–Crippen MR) is 120 cm³/mol. The van der Waals surface area contributed by atoms with Gasteiger partial charge < -0.3 is 18.9 Å². The lowest BCUT2D eigenvalue weighted by Gasteiger charge is -2.21. The summed E-state index contributed by atoms with van der Waals surface area (Å²) in [7, 11) is -4.25. The highest BCUT2D eigenvalue weighted by Crippen LogP contribution is 2.49. The molecular weight excluding hydrogens is 467 g/mol. The first-order valence-corrected chi connectivity index (χ1v) is 11.8. The van der Waals surface area contributed by atoms with Gasteiger partial charge in [-0.2, -0.15) is 0 Å². The molecule has 3 aromatic rings. The number of imidazole rings is 1. The van der Waals surface area contributed by atoms with Crippen LogP contribution in [0.25, 0.3) is 22.7 Å². The van der Waals surface area contributed by atoms with Crippen molar-refractivity contribution in [2.24, 2.45) is 10.8 Å². The van der Waals surface area contributed by atoms with Crippen LogP contribution in [0.1, 0.15) is 41.5 Å². The third-order valence-electron chi connectivity index (χ3n) is 4.37. The molecule has 0 aliphatic rings. The van der Waals surface area contributed by atoms with Crippen LogP contribution in [0.15, 0.2) is 29.3 Å². The molecule has 0 spiro atoms. The van der Waals surface area contributed by atoms with Crippen LogP contribution in [0.4, 0.5) is 0 Å². The van der Waals surface area contributed by atoms with Crippen molar-refractivity contribution in [1.29, 1.82) is 0 Å². The van der Waals surface area contributed by atoms with Gasteiger partial charge in [0, 0.05) is 0 Å². The Labute approximate surface area is 195 Å². The summed E-state index contributed by atoms with van der Waals surface area (Å²) in [6.45, 7) is 8.61. The minimum absolute atomic E-state index is 0.00229. The second-order valence-electron chi connectivity index (χ2n) is 9.32. The van der Waals surface area contributed by atoms with Crippen molar-refractivity contribution in [3.05, 3.63) is 24.9 Å². The molecule has 0 aromatic carbocycles. The molecular formula is C21H27N4O8P. The van der Waals surface area contributed by atoms with Crippen LogP contribution in [-0.2, 0) is 32.7 Å². The number of carbonyl (C=O) groups is 2. The van der Waals surface area contributed by atoms with Crippen molar-refractivity contribution in [2.75, 3.05) is 13.6 Å². The summed E-state index contributed by atoms with van der Waals surface area (Å²) < 4.78 is 40.2. The molecule has 184 valence electrons. The van der Waals surface area contributed by atoms with Gasteiger partial charge in [-0.3, -0.25) is 23.2 Å². The first-order valence-electron chi connectivity index (χ1n) is 10.3. The van der Waals surface area contributed by atoms with Gasteiger partial charge in [0.05, 0.1) is 29.6 Å². The Bertz CT molecular complexity index is 1190. The number of furan rings is 1. The van der Waals surface area contributed by atoms with E-state index >= 15 is 0 Å². The van der Waals surface area contributed by atoms with Gasteiger partial charge in [-0.25, -0.2) is 15.0 Å². The Morgan fingerprint density at radius 2 is 1.59 bits per heavy atom. The fraction of sp³-hybridized carbons (Fsp3) is 0.476. The number of nitrogens with one attached hydrogen (secondary N) is 1. The van der Waals surface area contributed by atoms with Crippen molar-refractivity contribution in [3.8, 4) is 11.6 Å². The van der Waals surface area contributed by atoms with E-state index < -0.39 is 44.0 Å². The predicted octanol–water partition coefficient (Wildman–Crippen LogP) is 3.56. The summed E-state index contributed by atoms with van der Waals surface area (Å²) in [6.07, 6.45) is 4.20. The fourth-order valence-electron chi connectivity index (χ4n) is 2.44. The summed E-state index contributed by atoms with van der Waals surface area (Å²) in [5, 5.41) is -0.0407. The van der Waals surface area contributed by atoms with E-state index in [0.717, 1.165) is 0 Å². The number of carbonyl (C=O) groups excluding carboxylic acids is 2. The highest BCUT2D eigenvalue weighted by molar-refractivity contribution is 7.62. The molecule has 0 amide bonds. The Morgan fingerprint density at radius 3 is 2.15 bits per heavy atom. The van der Waals surface area contributed by atoms with E-state index in [1.54, 1.807) is 41.5 Å². The maximum Gasteiger partial charge on any atom is 0.371 e. The van der Waals surface area contributed by atoms with Crippen molar-refractivity contribution in [3.63, 3.8) is 0 Å². The number of rotatable bonds is 8. The number of hydrogen-bond donors (Lipinski definition) is 1. The number of fused-ring (bicyclic) bond motifs is 1. The molecule has 0 aliphatic carbocycles. The lowest BCUT2D eigenvalue weighted by molar-refractivity contribution is -0.161. The van der Waals surface area contributed by atoms with Gasteiger partial charge >= 0.3 is 19.5 Å². The van der Waals surface area contributed by atoms with Crippen LogP contribution in [0, 0.1) is 10.8 Å². The molecule has 0 aliphatic heterocycles. The van der Waals surface area contributed by atoms with E-state index in [4.69, 9.17) is 22.9 Å². The molecule has 0 unspecified atom stereocenters. The first-order chi connectivity index (χ1) is 15.8. The van der Waals surface area contributed by atoms with E-state index in [1.165, 1.54) is 24.9 Å². The topological polar surface area (TPSA) is 156 Å². The highest BCUT2D eigenvalue weighted by atomic mass is 31.2. The molecule has 3 aromatic heterocycles. The van der Waals surface area contributed by atoms with Crippen LogP contribution in [0.5, 0.6) is 0 Å². The standard InChI is InChI=1S/C21H27N4O8P/c1-20(2,3)18(26)30-11-32-34(28,33-12-31-19(27)21(4,5)6)14-7-8-29-15(14)17-22-9-13-16(25-17)24-10-23-13/h7-10H,11-12H2,1-6H3,(H,22,23,24,25). The van der Waals surface area contributed by atoms with Crippen molar-refractivity contribution in [1.82, 2.24) is 19.9 Å². The lowest BCUT2D eigenvalue weighted by Crippen LogP contribution is -2.26. The number of aromatic amines is 1. The molecule has 0 fully saturated rings. The van der Waals surface area contributed by atoms with Crippen LogP contribution in [0.2, 0.25) is 0 Å². The summed E-state index contributed by atoms with van der Waals surface area (Å²) >= 11 is 0. The number of aromatic nitrogens is 4. The van der Waals surface area contributed by atoms with E-state index in [9.17, 15) is 14.2 Å². The van der Waals surface area contributed by atoms with Gasteiger partial charge in [0.2, 0.25) is 13.6 Å². The average molecular weight is 494 g/mol. The summed E-state index contributed by atoms with van der Waals surface area (Å²) in [5.74, 6) is -1.07. The van der Waals surface area contributed by atoms with Gasteiger partial charge in [-0.1, -0.05) is 0 Å². The smallest absolute Gasteiger partial charge is 0.371 e. The molecule has 13 heteroatoms. The Morgan fingerprint density at radius 1 is 1.00 bits per heavy atom. The number of hydrogen-bond acceptors (Lipinski definition) is 11. The number of H-pyrrole nitrogens is 1. The van der Waals surface area contributed by atoms with Crippen LogP contribution >= 0.6 is 7.60 Å². The van der Waals surface area contributed by atoms with Crippen molar-refractivity contribution in [2.45, 2.75) is 41.5 Å². The number of esters is 2. The molecule has 3 rings (SSSR count). The zero-order chi connectivity index (χ0) is 25.1. The first kappa shape index (κ1) is 25.5. The Kier molecular flexibility index (Phi) is 7.25. The second kappa shape index (κ2) is 9.65. The van der Waals surface area contributed by atoms with Gasteiger partial charge in [-0.05, 0) is 47.6 Å². The largest absolute Gasteiger partial charge is 0.460 e. The molecule has 0 saturated heterocycles. The molecule has 0 bridgehead atoms. The fourth-order valence-corrected chi connectivity index (χ4v) is 3.82. The number of ether oxygens (including phenoxy) is 2. The van der Waals surface area contributed by atoms with Crippen LogP contribution in [0.3, 0.4) is 0 Å². The van der Waals surface area contributed by atoms with Crippen LogP contribution in [-0.4, -0.2) is 45.5 Å². The van der Waals surface area contributed by atoms with E-state index in [0.29, 0.717) is 11.2 Å². The molecule has 1 N–H and O–H groups in total. The van der Waals surface area contributed by atoms with Gasteiger partial charge in [0.25, 0.3) is 0 Å². The maximum atomic E-state index is 13.8. The second-order valence-corrected chi connectivity index (χ2v) is 11.3. The summed E-state index contributed by atoms with van der Waals surface area (Å²) in [6, 6.07) is 1.35. The Balaban J connectivity index is 1.87. The maximum absolute atomic E-state index is 13.8. The van der Waals surface area contributed by atoms with Gasteiger partial charge in [-0.15, -0.1) is 0 Å². The third-order valence-corrected chi connectivity index (χ3v) is 6.20. The van der Waals surface area contributed by atoms with E-state index in [1.807, 2.05) is 0 Å². The minimum atomic E-state index is -4.25. The molecule has 12 nitrogen and oxygen atoms in total. The quantitative estimate of drug-likeness (QED) is 0.277. The average Bonchev–Trinajstić information content (AvgIpc) is 3.41. The molecule has 0 atom stereocenters. The minimum Gasteiger partial charge on any atom is -0.460 e. The summed E-state index contributed by atoms with van der Waals surface area (Å²) in [5.41, 5.74) is -0.647. The molecule has 0 saturated carbocycles.